The molecule has 2 rings (SSSR count). The van der Waals surface area contributed by atoms with E-state index in [1.165, 1.54) is 0 Å². The molecule has 2 aromatic rings. The Kier molecular flexibility index (Phi) is 4.28. The first kappa shape index (κ1) is 13.3. The molecule has 0 saturated heterocycles. The number of nitrogens with one attached hydrogen (secondary N) is 1. The Balaban J connectivity index is 2.40. The molecule has 0 amide bonds. The van der Waals surface area contributed by atoms with Crippen molar-refractivity contribution in [2.75, 3.05) is 11.9 Å². The van der Waals surface area contributed by atoms with Crippen molar-refractivity contribution < 1.29 is 4.79 Å². The van der Waals surface area contributed by atoms with Crippen molar-refractivity contribution in [1.29, 1.82) is 0 Å². The Morgan fingerprint density at radius 1 is 1.42 bits per heavy atom. The van der Waals surface area contributed by atoms with Gasteiger partial charge in [-0.25, -0.2) is 4.98 Å². The molecular weight excluding hydrogens is 240 g/mol. The number of aryl methyl sites for hydroxylation is 1. The Morgan fingerprint density at radius 3 is 2.89 bits per heavy atom. The molecule has 5 heteroatoms. The molecule has 0 aliphatic rings. The minimum Gasteiger partial charge on any atom is -0.369 e. The van der Waals surface area contributed by atoms with Crippen LogP contribution in [0.25, 0.3) is 5.82 Å². The number of aldehydes is 1. The molecule has 0 atom stereocenters. The number of hydrogen-bond donors (Lipinski definition) is 1. The van der Waals surface area contributed by atoms with Gasteiger partial charge in [0.2, 0.25) is 0 Å². The lowest BCUT2D eigenvalue weighted by Crippen LogP contribution is -2.09. The second kappa shape index (κ2) is 6.13. The van der Waals surface area contributed by atoms with Gasteiger partial charge in [0.1, 0.15) is 5.82 Å². The number of aromatic nitrogens is 3. The first-order chi connectivity index (χ1) is 9.27. The summed E-state index contributed by atoms with van der Waals surface area (Å²) in [6.45, 7) is 4.77. The molecule has 0 saturated carbocycles. The number of carbonyl (C=O) groups excluding carboxylic acids is 1. The standard InChI is InChI=1S/C14H18N4O/c1-3-4-8-16-14-12(10-19)11(2)17-18(14)13-7-5-6-9-15-13/h5-7,9-10,16H,3-4,8H2,1-2H3. The summed E-state index contributed by atoms with van der Waals surface area (Å²) < 4.78 is 1.69. The van der Waals surface area contributed by atoms with E-state index in [1.54, 1.807) is 10.9 Å². The lowest BCUT2D eigenvalue weighted by atomic mass is 10.2. The van der Waals surface area contributed by atoms with Crippen molar-refractivity contribution in [3.8, 4) is 5.82 Å². The third-order valence-electron chi connectivity index (χ3n) is 2.91. The monoisotopic (exact) mass is 258 g/mol. The van der Waals surface area contributed by atoms with Gasteiger partial charge < -0.3 is 5.32 Å². The van der Waals surface area contributed by atoms with E-state index in [9.17, 15) is 4.79 Å². The van der Waals surface area contributed by atoms with Crippen LogP contribution in [0.4, 0.5) is 5.82 Å². The average molecular weight is 258 g/mol. The molecule has 0 radical (unpaired) electrons. The molecule has 0 aromatic carbocycles. The van der Waals surface area contributed by atoms with Crippen molar-refractivity contribution in [2.45, 2.75) is 26.7 Å². The van der Waals surface area contributed by atoms with Crippen LogP contribution in [0.2, 0.25) is 0 Å². The summed E-state index contributed by atoms with van der Waals surface area (Å²) in [6.07, 6.45) is 4.70. The first-order valence-corrected chi connectivity index (χ1v) is 6.48. The zero-order valence-corrected chi connectivity index (χ0v) is 11.3. The smallest absolute Gasteiger partial charge is 0.155 e. The maximum absolute atomic E-state index is 11.2. The molecule has 1 N–H and O–H groups in total. The molecular formula is C14H18N4O. The van der Waals surface area contributed by atoms with E-state index in [-0.39, 0.29) is 0 Å². The lowest BCUT2D eigenvalue weighted by Gasteiger charge is -2.09. The van der Waals surface area contributed by atoms with Gasteiger partial charge in [0, 0.05) is 12.7 Å². The maximum atomic E-state index is 11.2. The molecule has 0 unspecified atom stereocenters. The third-order valence-corrected chi connectivity index (χ3v) is 2.91. The number of unbranched alkanes of at least 4 members (excludes halogenated alkanes) is 1. The van der Waals surface area contributed by atoms with E-state index in [1.807, 2.05) is 25.1 Å². The van der Waals surface area contributed by atoms with Gasteiger partial charge in [-0.3, -0.25) is 4.79 Å². The van der Waals surface area contributed by atoms with Crippen LogP contribution in [0.3, 0.4) is 0 Å². The Morgan fingerprint density at radius 2 is 2.26 bits per heavy atom. The summed E-state index contributed by atoms with van der Waals surface area (Å²) in [5, 5.41) is 7.67. The normalized spacial score (nSPS) is 10.4. The zero-order chi connectivity index (χ0) is 13.7. The molecule has 0 spiro atoms. The minimum absolute atomic E-state index is 0.599. The van der Waals surface area contributed by atoms with Crippen LogP contribution in [-0.2, 0) is 0 Å². The average Bonchev–Trinajstić information content (AvgIpc) is 2.76. The summed E-state index contributed by atoms with van der Waals surface area (Å²) in [6, 6.07) is 5.62. The molecule has 0 fully saturated rings. The summed E-state index contributed by atoms with van der Waals surface area (Å²) >= 11 is 0. The summed E-state index contributed by atoms with van der Waals surface area (Å²) in [7, 11) is 0. The molecule has 2 heterocycles. The summed E-state index contributed by atoms with van der Waals surface area (Å²) in [5.41, 5.74) is 1.31. The number of hydrogen-bond acceptors (Lipinski definition) is 4. The third kappa shape index (κ3) is 2.81. The van der Waals surface area contributed by atoms with Crippen molar-refractivity contribution in [2.24, 2.45) is 0 Å². The fraction of sp³-hybridized carbons (Fsp3) is 0.357. The van der Waals surface area contributed by atoms with Gasteiger partial charge in [-0.05, 0) is 25.5 Å². The van der Waals surface area contributed by atoms with E-state index >= 15 is 0 Å². The van der Waals surface area contributed by atoms with Crippen LogP contribution >= 0.6 is 0 Å². The highest BCUT2D eigenvalue weighted by molar-refractivity contribution is 5.84. The van der Waals surface area contributed by atoms with Crippen molar-refractivity contribution in [1.82, 2.24) is 14.8 Å². The van der Waals surface area contributed by atoms with Crippen LogP contribution in [0, 0.1) is 6.92 Å². The number of pyridine rings is 1. The molecule has 5 nitrogen and oxygen atoms in total. The maximum Gasteiger partial charge on any atom is 0.155 e. The van der Waals surface area contributed by atoms with Crippen LogP contribution in [0.15, 0.2) is 24.4 Å². The summed E-state index contributed by atoms with van der Waals surface area (Å²) in [5.74, 6) is 1.43. The molecule has 0 aliphatic carbocycles. The van der Waals surface area contributed by atoms with Crippen molar-refractivity contribution >= 4 is 12.1 Å². The quantitative estimate of drug-likeness (QED) is 0.639. The Hall–Kier alpha value is -2.17. The minimum atomic E-state index is 0.599. The van der Waals surface area contributed by atoms with Crippen LogP contribution in [0.1, 0.15) is 35.8 Å². The first-order valence-electron chi connectivity index (χ1n) is 6.48. The molecule has 19 heavy (non-hydrogen) atoms. The van der Waals surface area contributed by atoms with Gasteiger partial charge >= 0.3 is 0 Å². The number of anilines is 1. The zero-order valence-electron chi connectivity index (χ0n) is 11.3. The van der Waals surface area contributed by atoms with Crippen molar-refractivity contribution in [3.63, 3.8) is 0 Å². The van der Waals surface area contributed by atoms with E-state index in [4.69, 9.17) is 0 Å². The highest BCUT2D eigenvalue weighted by Gasteiger charge is 2.15. The van der Waals surface area contributed by atoms with Crippen LogP contribution in [0.5, 0.6) is 0 Å². The van der Waals surface area contributed by atoms with Gasteiger partial charge in [-0.15, -0.1) is 0 Å². The molecule has 0 aliphatic heterocycles. The fourth-order valence-electron chi connectivity index (χ4n) is 1.88. The largest absolute Gasteiger partial charge is 0.369 e. The fourth-order valence-corrected chi connectivity index (χ4v) is 1.88. The summed E-state index contributed by atoms with van der Waals surface area (Å²) in [4.78, 5) is 15.5. The molecule has 0 bridgehead atoms. The molecule has 2 aromatic heterocycles. The van der Waals surface area contributed by atoms with Gasteiger partial charge in [0.15, 0.2) is 12.1 Å². The van der Waals surface area contributed by atoms with E-state index in [2.05, 4.69) is 22.3 Å². The van der Waals surface area contributed by atoms with Gasteiger partial charge in [-0.1, -0.05) is 19.4 Å². The van der Waals surface area contributed by atoms with E-state index in [0.29, 0.717) is 17.1 Å². The van der Waals surface area contributed by atoms with Crippen molar-refractivity contribution in [3.05, 3.63) is 35.7 Å². The SMILES string of the molecule is CCCCNc1c(C=O)c(C)nn1-c1ccccn1. The predicted octanol–water partition coefficient (Wildman–Crippen LogP) is 2.60. The Labute approximate surface area is 112 Å². The second-order valence-corrected chi connectivity index (χ2v) is 4.35. The van der Waals surface area contributed by atoms with Gasteiger partial charge in [-0.2, -0.15) is 9.78 Å². The number of nitrogens with zero attached hydrogens (tertiary/aromatic N) is 3. The highest BCUT2D eigenvalue weighted by atomic mass is 16.1. The number of carbonyl (C=O) groups is 1. The topological polar surface area (TPSA) is 59.8 Å². The van der Waals surface area contributed by atoms with E-state index in [0.717, 1.165) is 31.5 Å². The van der Waals surface area contributed by atoms with Crippen LogP contribution < -0.4 is 5.32 Å². The molecule has 100 valence electrons. The number of rotatable bonds is 6. The van der Waals surface area contributed by atoms with Crippen LogP contribution in [-0.4, -0.2) is 27.6 Å². The predicted molar refractivity (Wildman–Crippen MR) is 74.9 cm³/mol. The Bertz CT molecular complexity index is 548. The second-order valence-electron chi connectivity index (χ2n) is 4.35. The van der Waals surface area contributed by atoms with Gasteiger partial charge in [0.25, 0.3) is 0 Å². The van der Waals surface area contributed by atoms with Gasteiger partial charge in [0.05, 0.1) is 11.3 Å². The van der Waals surface area contributed by atoms with E-state index < -0.39 is 0 Å². The highest BCUT2D eigenvalue weighted by Crippen LogP contribution is 2.21. The lowest BCUT2D eigenvalue weighted by molar-refractivity contribution is 0.112.